The second-order valence-corrected chi connectivity index (χ2v) is 4.40. The Kier molecular flexibility index (Phi) is 13.0. The minimum atomic E-state index is -1.09. The van der Waals surface area contributed by atoms with Crippen molar-refractivity contribution < 1.29 is 34.4 Å². The number of aliphatic hydroxyl groups is 1. The fraction of sp³-hybridized carbons (Fsp3) is 0.125. The van der Waals surface area contributed by atoms with Crippen molar-refractivity contribution in [3.8, 4) is 0 Å². The van der Waals surface area contributed by atoms with Crippen LogP contribution in [0, 0.1) is 20.2 Å². The van der Waals surface area contributed by atoms with Crippen LogP contribution in [0.15, 0.2) is 48.5 Å². The highest BCUT2D eigenvalue weighted by molar-refractivity contribution is 5.89. The van der Waals surface area contributed by atoms with Crippen molar-refractivity contribution in [2.75, 3.05) is 14.2 Å². The zero-order valence-corrected chi connectivity index (χ0v) is 15.5. The summed E-state index contributed by atoms with van der Waals surface area (Å²) in [5.74, 6) is -1.60. The summed E-state index contributed by atoms with van der Waals surface area (Å²) in [4.78, 5) is 40.5. The number of methoxy groups -OCH3 is 1. The molecule has 11 nitrogen and oxygen atoms in total. The number of aromatic carboxylic acids is 1. The van der Waals surface area contributed by atoms with Gasteiger partial charge >= 0.3 is 11.9 Å². The van der Waals surface area contributed by atoms with Gasteiger partial charge in [-0.05, 0) is 24.3 Å². The molecule has 0 aliphatic rings. The molecule has 2 aromatic carbocycles. The summed E-state index contributed by atoms with van der Waals surface area (Å²) in [5, 5.41) is 35.8. The molecule has 2 rings (SSSR count). The van der Waals surface area contributed by atoms with E-state index in [1.807, 2.05) is 0 Å². The first-order chi connectivity index (χ1) is 12.8. The van der Waals surface area contributed by atoms with Gasteiger partial charge < -0.3 is 14.9 Å². The lowest BCUT2D eigenvalue weighted by Crippen LogP contribution is -2.00. The maximum Gasteiger partial charge on any atom is 0.337 e. The Morgan fingerprint density at radius 2 is 1.14 bits per heavy atom. The lowest BCUT2D eigenvalue weighted by molar-refractivity contribution is -0.385. The third-order valence-electron chi connectivity index (χ3n) is 2.82. The number of nitrogens with zero attached hydrogens (tertiary/aromatic N) is 2. The van der Waals surface area contributed by atoms with Gasteiger partial charge in [0.25, 0.3) is 11.4 Å². The SMILES string of the molecule is CO.COC(=O)c1ccc([N+](=O)[O-])cc1.Cl.O=C(O)c1ccc([N+](=O)[O-])cc1. The molecule has 0 atom stereocenters. The number of carboxylic acid groups (broad SMARTS) is 1. The smallest absolute Gasteiger partial charge is 0.337 e. The van der Waals surface area contributed by atoms with Gasteiger partial charge in [-0.25, -0.2) is 9.59 Å². The molecule has 0 saturated carbocycles. The number of nitro groups is 2. The first-order valence-electron chi connectivity index (χ1n) is 7.01. The fourth-order valence-corrected chi connectivity index (χ4v) is 1.56. The van der Waals surface area contributed by atoms with Crippen LogP contribution in [-0.4, -0.2) is 46.2 Å². The van der Waals surface area contributed by atoms with E-state index in [9.17, 15) is 29.8 Å². The molecule has 0 radical (unpaired) electrons. The van der Waals surface area contributed by atoms with E-state index in [2.05, 4.69) is 4.74 Å². The van der Waals surface area contributed by atoms with E-state index in [0.717, 1.165) is 19.2 Å². The maximum absolute atomic E-state index is 10.9. The van der Waals surface area contributed by atoms with E-state index in [0.29, 0.717) is 5.56 Å². The lowest BCUT2D eigenvalue weighted by atomic mass is 10.2. The molecule has 12 heteroatoms. The Hall–Kier alpha value is -3.57. The molecule has 0 amide bonds. The van der Waals surface area contributed by atoms with Gasteiger partial charge in [0.1, 0.15) is 0 Å². The molecule has 0 bridgehead atoms. The monoisotopic (exact) mass is 416 g/mol. The van der Waals surface area contributed by atoms with Gasteiger partial charge in [-0.2, -0.15) is 0 Å². The van der Waals surface area contributed by atoms with Crippen molar-refractivity contribution in [1.29, 1.82) is 0 Å². The molecule has 0 fully saturated rings. The summed E-state index contributed by atoms with van der Waals surface area (Å²) in [6.45, 7) is 0. The van der Waals surface area contributed by atoms with Crippen molar-refractivity contribution >= 4 is 35.7 Å². The van der Waals surface area contributed by atoms with Gasteiger partial charge in [-0.1, -0.05) is 0 Å². The van der Waals surface area contributed by atoms with Crippen LogP contribution < -0.4 is 0 Å². The van der Waals surface area contributed by atoms with Crippen LogP contribution in [0.3, 0.4) is 0 Å². The molecule has 0 aromatic heterocycles. The predicted octanol–water partition coefficient (Wildman–Crippen LogP) is 2.70. The molecule has 2 aromatic rings. The second-order valence-electron chi connectivity index (χ2n) is 4.40. The number of rotatable bonds is 4. The van der Waals surface area contributed by atoms with Gasteiger partial charge in [0.05, 0.1) is 28.1 Å². The Morgan fingerprint density at radius 1 is 0.821 bits per heavy atom. The van der Waals surface area contributed by atoms with E-state index in [4.69, 9.17) is 10.2 Å². The highest BCUT2D eigenvalue weighted by atomic mass is 35.5. The molecule has 2 N–H and O–H groups in total. The fourth-order valence-electron chi connectivity index (χ4n) is 1.56. The zero-order valence-electron chi connectivity index (χ0n) is 14.7. The summed E-state index contributed by atoms with van der Waals surface area (Å²) >= 11 is 0. The predicted molar refractivity (Wildman–Crippen MR) is 99.9 cm³/mol. The minimum absolute atomic E-state index is 0. The molecule has 28 heavy (non-hydrogen) atoms. The Bertz CT molecular complexity index is 760. The largest absolute Gasteiger partial charge is 0.478 e. The number of hydrogen-bond donors (Lipinski definition) is 2. The Labute approximate surface area is 164 Å². The number of carboxylic acids is 1. The van der Waals surface area contributed by atoms with Crippen molar-refractivity contribution in [2.24, 2.45) is 0 Å². The summed E-state index contributed by atoms with van der Waals surface area (Å²) < 4.78 is 4.43. The van der Waals surface area contributed by atoms with E-state index < -0.39 is 21.8 Å². The number of aliphatic hydroxyl groups excluding tert-OH is 1. The number of esters is 1. The first kappa shape index (κ1) is 26.7. The van der Waals surface area contributed by atoms with Gasteiger partial charge in [-0.15, -0.1) is 12.4 Å². The van der Waals surface area contributed by atoms with Crippen molar-refractivity contribution in [2.45, 2.75) is 0 Å². The molecule has 0 aliphatic carbocycles. The number of halogens is 1. The molecule has 0 spiro atoms. The van der Waals surface area contributed by atoms with E-state index in [-0.39, 0.29) is 29.3 Å². The third-order valence-corrected chi connectivity index (χ3v) is 2.82. The average molecular weight is 417 g/mol. The van der Waals surface area contributed by atoms with E-state index in [1.54, 1.807) is 0 Å². The van der Waals surface area contributed by atoms with Gasteiger partial charge in [0.2, 0.25) is 0 Å². The highest BCUT2D eigenvalue weighted by Gasteiger charge is 2.08. The summed E-state index contributed by atoms with van der Waals surface area (Å²) in [5.41, 5.74) is 0.182. The summed E-state index contributed by atoms with van der Waals surface area (Å²) in [6.07, 6.45) is 0. The van der Waals surface area contributed by atoms with Crippen LogP contribution in [0.5, 0.6) is 0 Å². The number of hydrogen-bond acceptors (Lipinski definition) is 8. The number of carbonyl (C=O) groups is 2. The Balaban J connectivity index is 0. The number of ether oxygens (including phenoxy) is 1. The molecule has 0 saturated heterocycles. The van der Waals surface area contributed by atoms with Crippen LogP contribution in [0.2, 0.25) is 0 Å². The van der Waals surface area contributed by atoms with Crippen molar-refractivity contribution in [3.05, 3.63) is 79.9 Å². The normalized spacial score (nSPS) is 8.54. The molecular weight excluding hydrogens is 400 g/mol. The van der Waals surface area contributed by atoms with Crippen molar-refractivity contribution in [3.63, 3.8) is 0 Å². The zero-order chi connectivity index (χ0) is 21.0. The van der Waals surface area contributed by atoms with Crippen molar-refractivity contribution in [1.82, 2.24) is 0 Å². The van der Waals surface area contributed by atoms with Gasteiger partial charge in [0, 0.05) is 31.4 Å². The van der Waals surface area contributed by atoms with Crippen LogP contribution in [0.4, 0.5) is 11.4 Å². The van der Waals surface area contributed by atoms with Crippen LogP contribution in [0.1, 0.15) is 20.7 Å². The standard InChI is InChI=1S/C8H7NO4.C7H5NO4.CH4O.ClH/c1-13-8(10)6-2-4-7(5-3-6)9(11)12;9-7(10)5-1-3-6(4-2-5)8(11)12;1-2;/h2-5H,1H3;1-4H,(H,9,10);2H,1H3;1H. The molecule has 152 valence electrons. The third kappa shape index (κ3) is 8.69. The topological polar surface area (TPSA) is 170 Å². The minimum Gasteiger partial charge on any atom is -0.478 e. The summed E-state index contributed by atoms with van der Waals surface area (Å²) in [7, 11) is 2.25. The Morgan fingerprint density at radius 3 is 1.39 bits per heavy atom. The summed E-state index contributed by atoms with van der Waals surface area (Å²) in [6, 6.07) is 9.92. The average Bonchev–Trinajstić information content (AvgIpc) is 2.69. The van der Waals surface area contributed by atoms with E-state index in [1.165, 1.54) is 43.5 Å². The molecular formula is C16H17ClN2O9. The molecule has 0 heterocycles. The van der Waals surface area contributed by atoms with E-state index >= 15 is 0 Å². The molecule has 0 unspecified atom stereocenters. The number of carbonyl (C=O) groups excluding carboxylic acids is 1. The first-order valence-corrected chi connectivity index (χ1v) is 7.01. The quantitative estimate of drug-likeness (QED) is 0.431. The number of nitro benzene ring substituents is 2. The van der Waals surface area contributed by atoms with Gasteiger partial charge in [0.15, 0.2) is 0 Å². The highest BCUT2D eigenvalue weighted by Crippen LogP contribution is 2.12. The van der Waals surface area contributed by atoms with Crippen LogP contribution >= 0.6 is 12.4 Å². The maximum atomic E-state index is 10.9. The van der Waals surface area contributed by atoms with Gasteiger partial charge in [-0.3, -0.25) is 20.2 Å². The second kappa shape index (κ2) is 13.6. The number of non-ortho nitro benzene ring substituents is 2. The lowest BCUT2D eigenvalue weighted by Gasteiger charge is -1.97. The van der Waals surface area contributed by atoms with Crippen LogP contribution in [0.25, 0.3) is 0 Å². The number of benzene rings is 2. The molecule has 0 aliphatic heterocycles. The van der Waals surface area contributed by atoms with Crippen LogP contribution in [-0.2, 0) is 4.74 Å².